The Morgan fingerprint density at radius 1 is 1.09 bits per heavy atom. The Morgan fingerprint density at radius 3 is 2.47 bits per heavy atom. The first-order chi connectivity index (χ1) is 20.7. The van der Waals surface area contributed by atoms with Gasteiger partial charge in [-0.3, -0.25) is 19.5 Å². The smallest absolute Gasteiger partial charge is 0.338 e. The second kappa shape index (κ2) is 12.5. The van der Waals surface area contributed by atoms with Crippen molar-refractivity contribution in [2.75, 3.05) is 13.7 Å². The second-order valence-corrected chi connectivity index (χ2v) is 10.8. The number of fused-ring (bicyclic) bond motifs is 1. The molecule has 11 heteroatoms. The number of nitro benzene ring substituents is 1. The van der Waals surface area contributed by atoms with E-state index in [1.165, 1.54) is 29.9 Å². The maximum atomic E-state index is 13.9. The topological polar surface area (TPSA) is 122 Å². The first kappa shape index (κ1) is 29.5. The zero-order chi connectivity index (χ0) is 30.7. The fourth-order valence-electron chi connectivity index (χ4n) is 4.84. The number of carbonyl (C=O) groups excluding carboxylic acids is 1. The normalized spacial score (nSPS) is 14.6. The summed E-state index contributed by atoms with van der Waals surface area (Å²) in [6.45, 7) is 5.71. The maximum absolute atomic E-state index is 13.9. The highest BCUT2D eigenvalue weighted by Crippen LogP contribution is 2.36. The largest absolute Gasteiger partial charge is 0.493 e. The molecular weight excluding hydrogens is 570 g/mol. The summed E-state index contributed by atoms with van der Waals surface area (Å²) in [5.41, 5.74) is 2.77. The molecule has 4 aromatic rings. The number of carbonyl (C=O) groups is 1. The number of thiazole rings is 1. The van der Waals surface area contributed by atoms with Crippen LogP contribution in [0.1, 0.15) is 42.1 Å². The number of nitro groups is 1. The Bertz CT molecular complexity index is 1910. The van der Waals surface area contributed by atoms with E-state index < -0.39 is 22.5 Å². The Balaban J connectivity index is 1.64. The summed E-state index contributed by atoms with van der Waals surface area (Å²) in [5.74, 6) is -0.0839. The number of methoxy groups -OCH3 is 1. The van der Waals surface area contributed by atoms with Gasteiger partial charge in [0.25, 0.3) is 11.2 Å². The number of aryl methyl sites for hydroxylation is 1. The minimum Gasteiger partial charge on any atom is -0.493 e. The molecule has 0 bridgehead atoms. The van der Waals surface area contributed by atoms with Crippen molar-refractivity contribution in [1.82, 2.24) is 4.57 Å². The average molecular weight is 600 g/mol. The molecular formula is C32H29N3O7S. The van der Waals surface area contributed by atoms with Crippen LogP contribution in [-0.4, -0.2) is 29.2 Å². The van der Waals surface area contributed by atoms with Gasteiger partial charge in [-0.25, -0.2) is 9.79 Å². The van der Waals surface area contributed by atoms with E-state index in [2.05, 4.69) is 4.99 Å². The molecule has 0 fully saturated rings. The van der Waals surface area contributed by atoms with E-state index in [0.29, 0.717) is 16.1 Å². The van der Waals surface area contributed by atoms with Crippen molar-refractivity contribution in [1.29, 1.82) is 0 Å². The first-order valence-corrected chi connectivity index (χ1v) is 14.3. The quantitative estimate of drug-likeness (QED) is 0.157. The summed E-state index contributed by atoms with van der Waals surface area (Å²) in [7, 11) is 1.44. The molecule has 0 spiro atoms. The zero-order valence-corrected chi connectivity index (χ0v) is 24.8. The predicted molar refractivity (Wildman–Crippen MR) is 162 cm³/mol. The van der Waals surface area contributed by atoms with E-state index in [1.54, 1.807) is 13.8 Å². The van der Waals surface area contributed by atoms with Gasteiger partial charge in [0.2, 0.25) is 0 Å². The molecule has 5 rings (SSSR count). The minimum absolute atomic E-state index is 0.160. The Labute approximate surface area is 251 Å². The van der Waals surface area contributed by atoms with E-state index in [1.807, 2.05) is 61.5 Å². The molecule has 0 unspecified atom stereocenters. The first-order valence-electron chi connectivity index (χ1n) is 13.5. The fraction of sp³-hybridized carbons (Fsp3) is 0.219. The molecule has 3 aromatic carbocycles. The number of hydrogen-bond acceptors (Lipinski definition) is 9. The van der Waals surface area contributed by atoms with Crippen LogP contribution in [0.2, 0.25) is 0 Å². The van der Waals surface area contributed by atoms with E-state index in [0.717, 1.165) is 22.5 Å². The summed E-state index contributed by atoms with van der Waals surface area (Å²) in [5, 5.41) is 12.1. The van der Waals surface area contributed by atoms with Crippen molar-refractivity contribution in [2.24, 2.45) is 4.99 Å². The van der Waals surface area contributed by atoms with Crippen LogP contribution in [0.4, 0.5) is 5.69 Å². The summed E-state index contributed by atoms with van der Waals surface area (Å²) < 4.78 is 18.3. The monoisotopic (exact) mass is 599 g/mol. The van der Waals surface area contributed by atoms with Crippen LogP contribution < -0.4 is 24.4 Å². The Kier molecular flexibility index (Phi) is 8.53. The number of nitrogens with zero attached hydrogens (tertiary/aromatic N) is 3. The lowest BCUT2D eigenvalue weighted by atomic mass is 9.95. The molecule has 1 aliphatic rings. The third kappa shape index (κ3) is 5.98. The lowest BCUT2D eigenvalue weighted by Crippen LogP contribution is -2.39. The lowest BCUT2D eigenvalue weighted by Gasteiger charge is -2.24. The number of hydrogen-bond donors (Lipinski definition) is 0. The van der Waals surface area contributed by atoms with Gasteiger partial charge >= 0.3 is 5.97 Å². The standard InChI is InChI=1S/C32H29N3O7S/c1-5-41-31(37)28-20(3)33-32-34(29(28)22-13-11-19(2)12-14-22)30(36)27(43-32)16-23-15-25(40-4)26(17-24(23)35(38)39)42-18-21-9-7-6-8-10-21/h6-17,29H,5,18H2,1-4H3/b27-16+/t29-/m1/s1. The number of benzene rings is 3. The molecule has 0 radical (unpaired) electrons. The third-order valence-corrected chi connectivity index (χ3v) is 7.93. The summed E-state index contributed by atoms with van der Waals surface area (Å²) in [6, 6.07) is 18.9. The minimum atomic E-state index is -0.781. The van der Waals surface area contributed by atoms with Gasteiger partial charge in [-0.2, -0.15) is 0 Å². The van der Waals surface area contributed by atoms with Crippen molar-refractivity contribution in [2.45, 2.75) is 33.4 Å². The molecule has 1 aliphatic heterocycles. The summed E-state index contributed by atoms with van der Waals surface area (Å²) >= 11 is 1.08. The SMILES string of the molecule is CCOC(=O)C1=C(C)N=c2s/c(=C/c3cc(OC)c(OCc4ccccc4)cc3[N+](=O)[O-])c(=O)n2[C@@H]1c1ccc(C)cc1. The number of esters is 1. The van der Waals surface area contributed by atoms with Crippen molar-refractivity contribution in [3.8, 4) is 11.5 Å². The predicted octanol–water partition coefficient (Wildman–Crippen LogP) is 4.60. The molecule has 220 valence electrons. The van der Waals surface area contributed by atoms with Crippen molar-refractivity contribution in [3.05, 3.63) is 130 Å². The molecule has 10 nitrogen and oxygen atoms in total. The highest BCUT2D eigenvalue weighted by Gasteiger charge is 2.33. The molecule has 2 heterocycles. The van der Waals surface area contributed by atoms with Gasteiger partial charge < -0.3 is 14.2 Å². The number of aromatic nitrogens is 1. The number of rotatable bonds is 9. The Hall–Kier alpha value is -5.03. The van der Waals surface area contributed by atoms with Crippen molar-refractivity contribution >= 4 is 29.1 Å². The Morgan fingerprint density at radius 2 is 1.81 bits per heavy atom. The number of ether oxygens (including phenoxy) is 3. The number of allylic oxidation sites excluding steroid dienone is 1. The summed E-state index contributed by atoms with van der Waals surface area (Å²) in [6.07, 6.45) is 1.45. The highest BCUT2D eigenvalue weighted by molar-refractivity contribution is 7.07. The molecule has 1 atom stereocenters. The van der Waals surface area contributed by atoms with Gasteiger partial charge in [-0.05, 0) is 44.0 Å². The molecule has 1 aromatic heterocycles. The van der Waals surface area contributed by atoms with Crippen molar-refractivity contribution in [3.63, 3.8) is 0 Å². The van der Waals surface area contributed by atoms with Crippen LogP contribution in [0.25, 0.3) is 6.08 Å². The van der Waals surface area contributed by atoms with Crippen LogP contribution >= 0.6 is 11.3 Å². The highest BCUT2D eigenvalue weighted by atomic mass is 32.1. The van der Waals surface area contributed by atoms with Gasteiger partial charge in [0.15, 0.2) is 16.3 Å². The van der Waals surface area contributed by atoms with E-state index in [9.17, 15) is 19.7 Å². The molecule has 0 saturated carbocycles. The molecule has 0 N–H and O–H groups in total. The van der Waals surface area contributed by atoms with Gasteiger partial charge in [-0.1, -0.05) is 71.5 Å². The average Bonchev–Trinajstić information content (AvgIpc) is 3.30. The molecule has 0 amide bonds. The molecule has 0 aliphatic carbocycles. The van der Waals surface area contributed by atoms with Crippen LogP contribution in [0.5, 0.6) is 11.5 Å². The van der Waals surface area contributed by atoms with Gasteiger partial charge in [0.1, 0.15) is 6.61 Å². The van der Waals surface area contributed by atoms with Gasteiger partial charge in [0.05, 0.1) is 52.1 Å². The fourth-order valence-corrected chi connectivity index (χ4v) is 5.88. The third-order valence-electron chi connectivity index (χ3n) is 6.94. The van der Waals surface area contributed by atoms with E-state index in [-0.39, 0.29) is 46.1 Å². The molecule has 43 heavy (non-hydrogen) atoms. The second-order valence-electron chi connectivity index (χ2n) is 9.81. The van der Waals surface area contributed by atoms with Gasteiger partial charge in [-0.15, -0.1) is 0 Å². The zero-order valence-electron chi connectivity index (χ0n) is 24.0. The van der Waals surface area contributed by atoms with Crippen LogP contribution in [0.15, 0.2) is 87.8 Å². The van der Waals surface area contributed by atoms with Crippen molar-refractivity contribution < 1.29 is 23.9 Å². The maximum Gasteiger partial charge on any atom is 0.338 e. The van der Waals surface area contributed by atoms with E-state index >= 15 is 0 Å². The van der Waals surface area contributed by atoms with Crippen LogP contribution in [0, 0.1) is 17.0 Å². The van der Waals surface area contributed by atoms with Gasteiger partial charge in [0, 0.05) is 0 Å². The van der Waals surface area contributed by atoms with Crippen LogP contribution in [-0.2, 0) is 16.1 Å². The lowest BCUT2D eigenvalue weighted by molar-refractivity contribution is -0.385. The molecule has 0 saturated heterocycles. The van der Waals surface area contributed by atoms with Crippen LogP contribution in [0.3, 0.4) is 0 Å². The summed E-state index contributed by atoms with van der Waals surface area (Å²) in [4.78, 5) is 43.6. The van der Waals surface area contributed by atoms with E-state index in [4.69, 9.17) is 14.2 Å².